The predicted octanol–water partition coefficient (Wildman–Crippen LogP) is 13.2. The van der Waals surface area contributed by atoms with E-state index in [1.54, 1.807) is 0 Å². The van der Waals surface area contributed by atoms with Gasteiger partial charge in [0.25, 0.3) is 0 Å². The van der Waals surface area contributed by atoms with Crippen LogP contribution >= 0.6 is 0 Å². The van der Waals surface area contributed by atoms with Crippen LogP contribution in [0, 0.1) is 13.8 Å². The minimum atomic E-state index is 0.798. The van der Waals surface area contributed by atoms with Crippen LogP contribution in [0.4, 0.5) is 28.4 Å². The highest BCUT2D eigenvalue weighted by Crippen LogP contribution is 2.40. The number of nitrogens with zero attached hydrogens (tertiary/aromatic N) is 2. The summed E-state index contributed by atoms with van der Waals surface area (Å²) >= 11 is 0. The van der Waals surface area contributed by atoms with Crippen molar-refractivity contribution in [2.75, 3.05) is 9.80 Å². The molecule has 0 N–H and O–H groups in total. The van der Waals surface area contributed by atoms with Crippen molar-refractivity contribution in [1.29, 1.82) is 0 Å². The Labute approximate surface area is 290 Å². The monoisotopic (exact) mass is 632 g/mol. The average molecular weight is 633 g/mol. The number of anilines is 5. The SMILES string of the molecule is C=C1/C=C\C=C/C/C(N(c2ccc(C)cc2)c2ccc(-c3ccc(N(c4ccc(C)cc4)c4cccc5ccccc45)cc3)cc2)=C\C=C/1. The lowest BCUT2D eigenvalue weighted by molar-refractivity contribution is 1.08. The molecular formula is C47H40N2. The lowest BCUT2D eigenvalue weighted by atomic mass is 10.0. The van der Waals surface area contributed by atoms with Gasteiger partial charge in [0, 0.05) is 40.3 Å². The van der Waals surface area contributed by atoms with E-state index in [4.69, 9.17) is 0 Å². The molecule has 0 saturated heterocycles. The van der Waals surface area contributed by atoms with Crippen LogP contribution in [0.25, 0.3) is 21.9 Å². The minimum Gasteiger partial charge on any atom is -0.314 e. The summed E-state index contributed by atoms with van der Waals surface area (Å²) in [7, 11) is 0. The summed E-state index contributed by atoms with van der Waals surface area (Å²) in [5.74, 6) is 0. The first-order chi connectivity index (χ1) is 24.0. The van der Waals surface area contributed by atoms with E-state index in [1.165, 1.54) is 38.7 Å². The number of benzene rings is 6. The van der Waals surface area contributed by atoms with E-state index in [0.717, 1.165) is 40.4 Å². The third-order valence-electron chi connectivity index (χ3n) is 8.95. The summed E-state index contributed by atoms with van der Waals surface area (Å²) in [6.45, 7) is 8.39. The molecule has 0 spiro atoms. The Morgan fingerprint density at radius 3 is 1.61 bits per heavy atom. The third-order valence-corrected chi connectivity index (χ3v) is 8.95. The second-order valence-electron chi connectivity index (χ2n) is 12.5. The number of hydrogen-bond donors (Lipinski definition) is 0. The number of fused-ring (bicyclic) bond motifs is 1. The van der Waals surface area contributed by atoms with Gasteiger partial charge in [0.15, 0.2) is 0 Å². The van der Waals surface area contributed by atoms with Crippen molar-refractivity contribution >= 4 is 39.2 Å². The first kappa shape index (κ1) is 31.5. The van der Waals surface area contributed by atoms with Crippen LogP contribution in [0.5, 0.6) is 0 Å². The standard InChI is InChI=1S/C47H40N2/c1-35-11-5-4-6-15-41(16-9-12-35)48(42-27-19-36(2)20-28-42)43-31-23-38(24-32-43)39-25-33-45(34-26-39)49(44-29-21-37(3)22-30-44)47-18-10-14-40-13-7-8-17-46(40)47/h4-14,16-34H,1,15H2,2-3H3/b6-4-,11-5-,12-9-,41-16+. The van der Waals surface area contributed by atoms with Crippen LogP contribution in [0.3, 0.4) is 0 Å². The summed E-state index contributed by atoms with van der Waals surface area (Å²) in [4.78, 5) is 4.70. The van der Waals surface area contributed by atoms with Crippen LogP contribution in [-0.4, -0.2) is 0 Å². The number of hydrogen-bond acceptors (Lipinski definition) is 2. The lowest BCUT2D eigenvalue weighted by Crippen LogP contribution is -2.16. The smallest absolute Gasteiger partial charge is 0.0540 e. The summed E-state index contributed by atoms with van der Waals surface area (Å²) in [5.41, 5.74) is 12.6. The molecule has 6 aromatic rings. The van der Waals surface area contributed by atoms with Crippen molar-refractivity contribution < 1.29 is 0 Å². The van der Waals surface area contributed by atoms with Crippen LogP contribution in [0.2, 0.25) is 0 Å². The van der Waals surface area contributed by atoms with Gasteiger partial charge in [-0.2, -0.15) is 0 Å². The normalized spacial score (nSPS) is 16.0. The van der Waals surface area contributed by atoms with Crippen molar-refractivity contribution in [1.82, 2.24) is 0 Å². The Morgan fingerprint density at radius 2 is 1.00 bits per heavy atom. The molecule has 49 heavy (non-hydrogen) atoms. The maximum atomic E-state index is 4.13. The summed E-state index contributed by atoms with van der Waals surface area (Å²) in [6, 6.07) is 50.5. The molecule has 7 rings (SSSR count). The van der Waals surface area contributed by atoms with Crippen LogP contribution in [0.1, 0.15) is 17.5 Å². The summed E-state index contributed by atoms with van der Waals surface area (Å²) in [5, 5.41) is 2.45. The molecule has 0 saturated carbocycles. The first-order valence-corrected chi connectivity index (χ1v) is 16.8. The van der Waals surface area contributed by atoms with Crippen LogP contribution in [-0.2, 0) is 0 Å². The molecule has 0 amide bonds. The van der Waals surface area contributed by atoms with Gasteiger partial charge in [-0.15, -0.1) is 0 Å². The zero-order chi connectivity index (χ0) is 33.6. The number of aryl methyl sites for hydroxylation is 2. The summed E-state index contributed by atoms with van der Waals surface area (Å²) < 4.78 is 0. The number of rotatable bonds is 7. The fraction of sp³-hybridized carbons (Fsp3) is 0.0638. The second-order valence-corrected chi connectivity index (χ2v) is 12.5. The Hall–Kier alpha value is -6.12. The molecule has 0 fully saturated rings. The van der Waals surface area contributed by atoms with Crippen LogP contribution < -0.4 is 9.80 Å². The predicted molar refractivity (Wildman–Crippen MR) is 211 cm³/mol. The average Bonchev–Trinajstić information content (AvgIpc) is 3.14. The Morgan fingerprint density at radius 1 is 0.490 bits per heavy atom. The van der Waals surface area contributed by atoms with E-state index in [9.17, 15) is 0 Å². The highest BCUT2D eigenvalue weighted by atomic mass is 15.2. The molecule has 2 nitrogen and oxygen atoms in total. The molecule has 0 aromatic heterocycles. The second kappa shape index (κ2) is 14.3. The van der Waals surface area contributed by atoms with Gasteiger partial charge >= 0.3 is 0 Å². The maximum Gasteiger partial charge on any atom is 0.0540 e. The largest absolute Gasteiger partial charge is 0.314 e. The molecule has 0 radical (unpaired) electrons. The molecule has 2 heteroatoms. The van der Waals surface area contributed by atoms with Crippen molar-refractivity contribution in [3.8, 4) is 11.1 Å². The zero-order valence-corrected chi connectivity index (χ0v) is 28.1. The molecule has 1 aliphatic rings. The third kappa shape index (κ3) is 7.10. The van der Waals surface area contributed by atoms with Gasteiger partial charge in [0.1, 0.15) is 0 Å². The molecule has 0 unspecified atom stereocenters. The van der Waals surface area contributed by atoms with Gasteiger partial charge in [-0.25, -0.2) is 0 Å². The van der Waals surface area contributed by atoms with Crippen molar-refractivity contribution in [3.05, 3.63) is 211 Å². The minimum absolute atomic E-state index is 0.798. The zero-order valence-electron chi connectivity index (χ0n) is 28.1. The topological polar surface area (TPSA) is 6.48 Å². The summed E-state index contributed by atoms with van der Waals surface area (Å²) in [6.07, 6.45) is 15.5. The molecule has 238 valence electrons. The van der Waals surface area contributed by atoms with Gasteiger partial charge in [0.2, 0.25) is 0 Å². The Bertz CT molecular complexity index is 2190. The van der Waals surface area contributed by atoms with Gasteiger partial charge in [0.05, 0.1) is 5.69 Å². The van der Waals surface area contributed by atoms with E-state index in [-0.39, 0.29) is 0 Å². The molecular weight excluding hydrogens is 593 g/mol. The molecule has 0 aliphatic heterocycles. The lowest BCUT2D eigenvalue weighted by Gasteiger charge is -2.28. The highest BCUT2D eigenvalue weighted by Gasteiger charge is 2.17. The van der Waals surface area contributed by atoms with Crippen molar-refractivity contribution in [2.24, 2.45) is 0 Å². The van der Waals surface area contributed by atoms with Crippen LogP contribution in [0.15, 0.2) is 200 Å². The quantitative estimate of drug-likeness (QED) is 0.173. The Balaban J connectivity index is 1.23. The molecule has 0 bridgehead atoms. The molecule has 0 atom stereocenters. The highest BCUT2D eigenvalue weighted by molar-refractivity contribution is 5.99. The Kier molecular flexibility index (Phi) is 9.21. The van der Waals surface area contributed by atoms with Crippen molar-refractivity contribution in [3.63, 3.8) is 0 Å². The van der Waals surface area contributed by atoms with E-state index in [0.29, 0.717) is 0 Å². The van der Waals surface area contributed by atoms with E-state index in [2.05, 4.69) is 200 Å². The fourth-order valence-electron chi connectivity index (χ4n) is 6.32. The molecule has 0 heterocycles. The van der Waals surface area contributed by atoms with E-state index in [1.807, 2.05) is 12.2 Å². The molecule has 6 aromatic carbocycles. The van der Waals surface area contributed by atoms with E-state index >= 15 is 0 Å². The molecule has 1 aliphatic carbocycles. The van der Waals surface area contributed by atoms with Gasteiger partial charge in [-0.05, 0) is 96.6 Å². The first-order valence-electron chi connectivity index (χ1n) is 16.8. The van der Waals surface area contributed by atoms with Crippen molar-refractivity contribution in [2.45, 2.75) is 20.3 Å². The maximum absolute atomic E-state index is 4.13. The van der Waals surface area contributed by atoms with Gasteiger partial charge in [-0.1, -0.05) is 139 Å². The van der Waals surface area contributed by atoms with E-state index < -0.39 is 0 Å². The van der Waals surface area contributed by atoms with Gasteiger partial charge < -0.3 is 9.80 Å². The van der Waals surface area contributed by atoms with Gasteiger partial charge in [-0.3, -0.25) is 0 Å². The number of allylic oxidation sites excluding steroid dienone is 8. The fourth-order valence-corrected chi connectivity index (χ4v) is 6.32.